The van der Waals surface area contributed by atoms with Gasteiger partial charge in [0.15, 0.2) is 11.0 Å². The third-order valence-corrected chi connectivity index (χ3v) is 5.38. The van der Waals surface area contributed by atoms with Gasteiger partial charge in [-0.3, -0.25) is 10.1 Å². The fourth-order valence-corrected chi connectivity index (χ4v) is 3.51. The molecular formula is C21H23N5O2S. The molecule has 3 rings (SSSR count). The monoisotopic (exact) mass is 409 g/mol. The van der Waals surface area contributed by atoms with Gasteiger partial charge in [-0.1, -0.05) is 59.3 Å². The molecule has 0 fully saturated rings. The summed E-state index contributed by atoms with van der Waals surface area (Å²) >= 11 is 1.22. The van der Waals surface area contributed by atoms with E-state index in [4.69, 9.17) is 0 Å². The number of benzene rings is 2. The first-order valence-electron chi connectivity index (χ1n) is 9.11. The normalized spacial score (nSPS) is 10.6. The lowest BCUT2D eigenvalue weighted by molar-refractivity contribution is -0.117. The topological polar surface area (TPSA) is 88.9 Å². The summed E-state index contributed by atoms with van der Waals surface area (Å²) in [4.78, 5) is 24.2. The van der Waals surface area contributed by atoms with Crippen molar-refractivity contribution in [3.8, 4) is 11.4 Å². The first kappa shape index (κ1) is 20.6. The Bertz CT molecular complexity index is 1040. The Morgan fingerprint density at radius 2 is 1.69 bits per heavy atom. The second-order valence-electron chi connectivity index (χ2n) is 6.84. The molecule has 2 aromatic carbocycles. The van der Waals surface area contributed by atoms with E-state index in [1.807, 2.05) is 74.9 Å². The summed E-state index contributed by atoms with van der Waals surface area (Å²) in [5.41, 5.74) is 4.83. The Hall–Kier alpha value is -3.13. The summed E-state index contributed by atoms with van der Waals surface area (Å²) in [6.07, 6.45) is 0. The van der Waals surface area contributed by atoms with E-state index in [-0.39, 0.29) is 5.75 Å². The van der Waals surface area contributed by atoms with Crippen molar-refractivity contribution in [1.82, 2.24) is 20.1 Å². The Morgan fingerprint density at radius 3 is 2.38 bits per heavy atom. The summed E-state index contributed by atoms with van der Waals surface area (Å²) in [6, 6.07) is 13.1. The Labute approximate surface area is 173 Å². The van der Waals surface area contributed by atoms with E-state index in [0.29, 0.717) is 10.8 Å². The van der Waals surface area contributed by atoms with E-state index in [2.05, 4.69) is 20.8 Å². The number of nitrogens with one attached hydrogen (secondary N) is 2. The zero-order valence-corrected chi connectivity index (χ0v) is 17.6. The molecule has 3 aromatic rings. The second kappa shape index (κ2) is 8.91. The van der Waals surface area contributed by atoms with Crippen LogP contribution in [-0.4, -0.2) is 32.5 Å². The average Bonchev–Trinajstić information content (AvgIpc) is 3.03. The van der Waals surface area contributed by atoms with Crippen LogP contribution in [0.5, 0.6) is 0 Å². The minimum Gasteiger partial charge on any atom is -0.307 e. The van der Waals surface area contributed by atoms with Gasteiger partial charge in [0.25, 0.3) is 0 Å². The number of carbonyl (C=O) groups is 2. The van der Waals surface area contributed by atoms with Gasteiger partial charge in [0, 0.05) is 18.3 Å². The maximum Gasteiger partial charge on any atom is 0.325 e. The van der Waals surface area contributed by atoms with Crippen LogP contribution in [0.2, 0.25) is 0 Å². The van der Waals surface area contributed by atoms with Gasteiger partial charge >= 0.3 is 6.03 Å². The Balaban J connectivity index is 1.55. The van der Waals surface area contributed by atoms with Crippen LogP contribution in [0.4, 0.5) is 10.5 Å². The molecule has 0 spiro atoms. The molecule has 0 unspecified atom stereocenters. The van der Waals surface area contributed by atoms with E-state index >= 15 is 0 Å². The number of amides is 3. The van der Waals surface area contributed by atoms with Crippen molar-refractivity contribution in [2.24, 2.45) is 7.05 Å². The van der Waals surface area contributed by atoms with Gasteiger partial charge in [-0.15, -0.1) is 10.2 Å². The summed E-state index contributed by atoms with van der Waals surface area (Å²) in [7, 11) is 1.85. The van der Waals surface area contributed by atoms with Crippen molar-refractivity contribution < 1.29 is 9.59 Å². The number of imide groups is 1. The summed E-state index contributed by atoms with van der Waals surface area (Å²) in [5.74, 6) is 0.373. The standard InChI is InChI=1S/C21H23N5O2S/c1-13-5-8-16(9-6-13)19-24-25-21(26(19)4)29-12-18(27)23-20(28)22-17-10-7-14(2)11-15(17)3/h5-11H,12H2,1-4H3,(H2,22,23,27,28). The van der Waals surface area contributed by atoms with Crippen molar-refractivity contribution in [3.63, 3.8) is 0 Å². The van der Waals surface area contributed by atoms with Gasteiger partial charge in [-0.2, -0.15) is 0 Å². The van der Waals surface area contributed by atoms with Crippen molar-refractivity contribution in [3.05, 3.63) is 59.2 Å². The number of anilines is 1. The van der Waals surface area contributed by atoms with Gasteiger partial charge in [-0.25, -0.2) is 4.79 Å². The van der Waals surface area contributed by atoms with Crippen LogP contribution in [0.3, 0.4) is 0 Å². The van der Waals surface area contributed by atoms with Crippen LogP contribution in [0.25, 0.3) is 11.4 Å². The van der Waals surface area contributed by atoms with Crippen molar-refractivity contribution >= 4 is 29.4 Å². The predicted octanol–water partition coefficient (Wildman–Crippen LogP) is 3.85. The highest BCUT2D eigenvalue weighted by molar-refractivity contribution is 7.99. The molecule has 0 aliphatic carbocycles. The highest BCUT2D eigenvalue weighted by Gasteiger charge is 2.14. The van der Waals surface area contributed by atoms with Gasteiger partial charge in [-0.05, 0) is 32.4 Å². The highest BCUT2D eigenvalue weighted by atomic mass is 32.2. The van der Waals surface area contributed by atoms with Gasteiger partial charge in [0.1, 0.15) is 0 Å². The maximum atomic E-state index is 12.1. The van der Waals surface area contributed by atoms with Gasteiger partial charge < -0.3 is 9.88 Å². The second-order valence-corrected chi connectivity index (χ2v) is 7.78. The molecule has 0 saturated carbocycles. The number of aryl methyl sites for hydroxylation is 3. The number of carbonyl (C=O) groups excluding carboxylic acids is 2. The largest absolute Gasteiger partial charge is 0.325 e. The van der Waals surface area contributed by atoms with Crippen LogP contribution < -0.4 is 10.6 Å². The van der Waals surface area contributed by atoms with Gasteiger partial charge in [0.05, 0.1) is 5.75 Å². The molecule has 0 atom stereocenters. The first-order valence-corrected chi connectivity index (χ1v) is 10.1. The number of hydrogen-bond acceptors (Lipinski definition) is 5. The smallest absolute Gasteiger partial charge is 0.307 e. The number of thioether (sulfide) groups is 1. The summed E-state index contributed by atoms with van der Waals surface area (Å²) in [6.45, 7) is 5.91. The van der Waals surface area contributed by atoms with E-state index < -0.39 is 11.9 Å². The molecule has 0 aliphatic rings. The Kier molecular flexibility index (Phi) is 6.33. The van der Waals surface area contributed by atoms with Crippen LogP contribution in [-0.2, 0) is 11.8 Å². The highest BCUT2D eigenvalue weighted by Crippen LogP contribution is 2.22. The fraction of sp³-hybridized carbons (Fsp3) is 0.238. The number of hydrogen-bond donors (Lipinski definition) is 2. The molecule has 1 heterocycles. The lowest BCUT2D eigenvalue weighted by atomic mass is 10.1. The lowest BCUT2D eigenvalue weighted by Gasteiger charge is -2.09. The predicted molar refractivity (Wildman–Crippen MR) is 115 cm³/mol. The molecule has 8 heteroatoms. The zero-order chi connectivity index (χ0) is 21.0. The first-order chi connectivity index (χ1) is 13.8. The molecule has 0 radical (unpaired) electrons. The zero-order valence-electron chi connectivity index (χ0n) is 16.8. The van der Waals surface area contributed by atoms with Crippen molar-refractivity contribution in [1.29, 1.82) is 0 Å². The molecule has 0 bridgehead atoms. The average molecular weight is 410 g/mol. The summed E-state index contributed by atoms with van der Waals surface area (Å²) < 4.78 is 1.83. The number of aromatic nitrogens is 3. The SMILES string of the molecule is Cc1ccc(-c2nnc(SCC(=O)NC(=O)Nc3ccc(C)cc3C)n2C)cc1. The molecule has 150 valence electrons. The molecule has 7 nitrogen and oxygen atoms in total. The maximum absolute atomic E-state index is 12.1. The third kappa shape index (κ3) is 5.23. The van der Waals surface area contributed by atoms with Crippen molar-refractivity contribution in [2.75, 3.05) is 11.1 Å². The number of rotatable bonds is 5. The number of nitrogens with zero attached hydrogens (tertiary/aromatic N) is 3. The minimum absolute atomic E-state index is 0.0557. The molecule has 1 aromatic heterocycles. The van der Waals surface area contributed by atoms with Crippen LogP contribution in [0.15, 0.2) is 47.6 Å². The molecular weight excluding hydrogens is 386 g/mol. The van der Waals surface area contributed by atoms with Crippen molar-refractivity contribution in [2.45, 2.75) is 25.9 Å². The van der Waals surface area contributed by atoms with Crippen LogP contribution in [0.1, 0.15) is 16.7 Å². The van der Waals surface area contributed by atoms with E-state index in [1.165, 1.54) is 17.3 Å². The molecule has 2 N–H and O–H groups in total. The molecule has 3 amide bonds. The molecule has 0 saturated heterocycles. The Morgan fingerprint density at radius 1 is 1.00 bits per heavy atom. The van der Waals surface area contributed by atoms with Gasteiger partial charge in [0.2, 0.25) is 5.91 Å². The minimum atomic E-state index is -0.555. The van der Waals surface area contributed by atoms with Crippen LogP contribution in [0, 0.1) is 20.8 Å². The van der Waals surface area contributed by atoms with E-state index in [9.17, 15) is 9.59 Å². The lowest BCUT2D eigenvalue weighted by Crippen LogP contribution is -2.35. The molecule has 0 aliphatic heterocycles. The van der Waals surface area contributed by atoms with E-state index in [1.54, 1.807) is 0 Å². The van der Waals surface area contributed by atoms with Crippen LogP contribution >= 0.6 is 11.8 Å². The fourth-order valence-electron chi connectivity index (χ4n) is 2.79. The quantitative estimate of drug-likeness (QED) is 0.625. The molecule has 29 heavy (non-hydrogen) atoms. The number of urea groups is 1. The van der Waals surface area contributed by atoms with E-state index in [0.717, 1.165) is 22.5 Å². The third-order valence-electron chi connectivity index (χ3n) is 4.36. The summed E-state index contributed by atoms with van der Waals surface area (Å²) in [5, 5.41) is 14.0.